The van der Waals surface area contributed by atoms with Crippen LogP contribution < -0.4 is 4.74 Å². The van der Waals surface area contributed by atoms with Gasteiger partial charge < -0.3 is 9.47 Å². The number of hydrogen-bond donors (Lipinski definition) is 0. The number of carbonyl (C=O) groups excluding carboxylic acids is 1. The number of rotatable bonds is 3. The van der Waals surface area contributed by atoms with E-state index in [-0.39, 0.29) is 17.4 Å². The predicted octanol–water partition coefficient (Wildman–Crippen LogP) is 2.19. The Labute approximate surface area is 102 Å². The summed E-state index contributed by atoms with van der Waals surface area (Å²) in [6.45, 7) is 0. The second-order valence-electron chi connectivity index (χ2n) is 3.29. The summed E-state index contributed by atoms with van der Waals surface area (Å²) in [5, 5.41) is 0. The number of nitrogens with zero attached hydrogens (tertiary/aromatic N) is 2. The van der Waals surface area contributed by atoms with Gasteiger partial charge in [-0.1, -0.05) is 0 Å². The third kappa shape index (κ3) is 2.79. The molecule has 0 saturated heterocycles. The van der Waals surface area contributed by atoms with Crippen LogP contribution >= 0.6 is 0 Å². The van der Waals surface area contributed by atoms with Crippen LogP contribution in [0.1, 0.15) is 10.5 Å². The maximum atomic E-state index is 12.7. The molecular formula is C12H9FN2O3. The lowest BCUT2D eigenvalue weighted by Gasteiger charge is -2.05. The molecule has 18 heavy (non-hydrogen) atoms. The van der Waals surface area contributed by atoms with Crippen LogP contribution in [0.5, 0.6) is 11.6 Å². The average Bonchev–Trinajstić information content (AvgIpc) is 2.41. The fourth-order valence-corrected chi connectivity index (χ4v) is 1.22. The summed E-state index contributed by atoms with van der Waals surface area (Å²) in [6.07, 6.45) is 2.61. The van der Waals surface area contributed by atoms with Crippen molar-refractivity contribution in [3.8, 4) is 11.6 Å². The molecule has 0 bridgehead atoms. The van der Waals surface area contributed by atoms with E-state index in [9.17, 15) is 9.18 Å². The summed E-state index contributed by atoms with van der Waals surface area (Å²) in [6, 6.07) is 5.41. The third-order valence-corrected chi connectivity index (χ3v) is 2.04. The van der Waals surface area contributed by atoms with Gasteiger partial charge in [0.1, 0.15) is 11.6 Å². The summed E-state index contributed by atoms with van der Waals surface area (Å²) in [5.74, 6) is -0.443. The molecule has 0 fully saturated rings. The molecular weight excluding hydrogens is 239 g/mol. The first-order valence-corrected chi connectivity index (χ1v) is 5.03. The van der Waals surface area contributed by atoms with Crippen LogP contribution in [0.25, 0.3) is 0 Å². The molecule has 0 atom stereocenters. The van der Waals surface area contributed by atoms with Gasteiger partial charge in [0.15, 0.2) is 5.69 Å². The first-order chi connectivity index (χ1) is 8.69. The Hall–Kier alpha value is -2.50. The van der Waals surface area contributed by atoms with Crippen molar-refractivity contribution in [3.05, 3.63) is 48.2 Å². The highest BCUT2D eigenvalue weighted by molar-refractivity contribution is 5.86. The number of halogens is 1. The standard InChI is InChI=1S/C12H9FN2O3/c1-17-12(16)10-6-14-7-11(15-10)18-9-4-2-8(13)3-5-9/h2-7H,1H3. The molecule has 1 aromatic heterocycles. The number of esters is 1. The lowest BCUT2D eigenvalue weighted by atomic mass is 10.3. The van der Waals surface area contributed by atoms with E-state index < -0.39 is 5.97 Å². The van der Waals surface area contributed by atoms with Gasteiger partial charge in [0.2, 0.25) is 5.88 Å². The van der Waals surface area contributed by atoms with E-state index >= 15 is 0 Å². The van der Waals surface area contributed by atoms with E-state index in [1.807, 2.05) is 0 Å². The Kier molecular flexibility index (Phi) is 3.47. The molecule has 0 saturated carbocycles. The zero-order chi connectivity index (χ0) is 13.0. The second-order valence-corrected chi connectivity index (χ2v) is 3.29. The lowest BCUT2D eigenvalue weighted by molar-refractivity contribution is 0.0592. The largest absolute Gasteiger partial charge is 0.464 e. The van der Waals surface area contributed by atoms with Crippen LogP contribution in [0.3, 0.4) is 0 Å². The Balaban J connectivity index is 2.19. The van der Waals surface area contributed by atoms with Crippen LogP contribution in [-0.2, 0) is 4.74 Å². The zero-order valence-corrected chi connectivity index (χ0v) is 9.46. The number of ether oxygens (including phenoxy) is 2. The molecule has 92 valence electrons. The first kappa shape index (κ1) is 12.0. The van der Waals surface area contributed by atoms with E-state index in [0.717, 1.165) is 0 Å². The van der Waals surface area contributed by atoms with Crippen LogP contribution in [0.15, 0.2) is 36.7 Å². The van der Waals surface area contributed by atoms with Crippen molar-refractivity contribution >= 4 is 5.97 Å². The summed E-state index contributed by atoms with van der Waals surface area (Å²) in [4.78, 5) is 18.9. The highest BCUT2D eigenvalue weighted by atomic mass is 19.1. The average molecular weight is 248 g/mol. The zero-order valence-electron chi connectivity index (χ0n) is 9.46. The predicted molar refractivity (Wildman–Crippen MR) is 59.8 cm³/mol. The molecule has 0 amide bonds. The van der Waals surface area contributed by atoms with E-state index in [0.29, 0.717) is 5.75 Å². The molecule has 0 aliphatic rings. The molecule has 2 rings (SSSR count). The molecule has 6 heteroatoms. The van der Waals surface area contributed by atoms with Gasteiger partial charge in [-0.2, -0.15) is 0 Å². The molecule has 0 N–H and O–H groups in total. The highest BCUT2D eigenvalue weighted by Gasteiger charge is 2.09. The van der Waals surface area contributed by atoms with Gasteiger partial charge in [-0.05, 0) is 24.3 Å². The molecule has 1 heterocycles. The first-order valence-electron chi connectivity index (χ1n) is 5.03. The van der Waals surface area contributed by atoms with Crippen LogP contribution in [0.4, 0.5) is 4.39 Å². The topological polar surface area (TPSA) is 61.3 Å². The van der Waals surface area contributed by atoms with Crippen molar-refractivity contribution in [3.63, 3.8) is 0 Å². The molecule has 0 unspecified atom stereocenters. The van der Waals surface area contributed by atoms with Gasteiger partial charge in [-0.15, -0.1) is 0 Å². The second kappa shape index (κ2) is 5.22. The lowest BCUT2D eigenvalue weighted by Crippen LogP contribution is -2.05. The maximum absolute atomic E-state index is 12.7. The van der Waals surface area contributed by atoms with Crippen molar-refractivity contribution < 1.29 is 18.7 Å². The molecule has 0 aliphatic carbocycles. The number of carbonyl (C=O) groups is 1. The van der Waals surface area contributed by atoms with Crippen molar-refractivity contribution in [2.45, 2.75) is 0 Å². The van der Waals surface area contributed by atoms with Crippen LogP contribution in [0, 0.1) is 5.82 Å². The van der Waals surface area contributed by atoms with Crippen molar-refractivity contribution in [2.24, 2.45) is 0 Å². The Morgan fingerprint density at radius 2 is 1.94 bits per heavy atom. The number of benzene rings is 1. The summed E-state index contributed by atoms with van der Waals surface area (Å²) >= 11 is 0. The Morgan fingerprint density at radius 3 is 2.61 bits per heavy atom. The van der Waals surface area contributed by atoms with Gasteiger partial charge >= 0.3 is 5.97 Å². The normalized spacial score (nSPS) is 9.89. The van der Waals surface area contributed by atoms with Gasteiger partial charge in [-0.3, -0.25) is 4.98 Å². The smallest absolute Gasteiger partial charge is 0.358 e. The number of aromatic nitrogens is 2. The van der Waals surface area contributed by atoms with E-state index in [4.69, 9.17) is 4.74 Å². The highest BCUT2D eigenvalue weighted by Crippen LogP contribution is 2.18. The molecule has 0 radical (unpaired) electrons. The Morgan fingerprint density at radius 1 is 1.22 bits per heavy atom. The minimum absolute atomic E-state index is 0.0390. The quantitative estimate of drug-likeness (QED) is 0.779. The van der Waals surface area contributed by atoms with Crippen LogP contribution in [-0.4, -0.2) is 23.0 Å². The van der Waals surface area contributed by atoms with Gasteiger partial charge in [0.25, 0.3) is 0 Å². The number of hydrogen-bond acceptors (Lipinski definition) is 5. The van der Waals surface area contributed by atoms with Crippen molar-refractivity contribution in [2.75, 3.05) is 7.11 Å². The van der Waals surface area contributed by atoms with E-state index in [1.165, 1.54) is 43.8 Å². The number of methoxy groups -OCH3 is 1. The molecule has 5 nitrogen and oxygen atoms in total. The SMILES string of the molecule is COC(=O)c1cncc(Oc2ccc(F)cc2)n1. The Bertz CT molecular complexity index is 558. The maximum Gasteiger partial charge on any atom is 0.358 e. The van der Waals surface area contributed by atoms with Gasteiger partial charge in [-0.25, -0.2) is 14.2 Å². The molecule has 2 aromatic rings. The van der Waals surface area contributed by atoms with Crippen LogP contribution in [0.2, 0.25) is 0 Å². The van der Waals surface area contributed by atoms with E-state index in [1.54, 1.807) is 0 Å². The molecule has 1 aromatic carbocycles. The van der Waals surface area contributed by atoms with Crippen molar-refractivity contribution in [1.29, 1.82) is 0 Å². The monoisotopic (exact) mass is 248 g/mol. The fraction of sp³-hybridized carbons (Fsp3) is 0.0833. The van der Waals surface area contributed by atoms with Crippen molar-refractivity contribution in [1.82, 2.24) is 9.97 Å². The van der Waals surface area contributed by atoms with E-state index in [2.05, 4.69) is 14.7 Å². The molecule has 0 spiro atoms. The fourth-order valence-electron chi connectivity index (χ4n) is 1.22. The van der Waals surface area contributed by atoms with Gasteiger partial charge in [0.05, 0.1) is 19.5 Å². The minimum Gasteiger partial charge on any atom is -0.464 e. The summed E-state index contributed by atoms with van der Waals surface area (Å²) in [5.41, 5.74) is 0.0390. The third-order valence-electron chi connectivity index (χ3n) is 2.04. The summed E-state index contributed by atoms with van der Waals surface area (Å²) in [7, 11) is 1.25. The van der Waals surface area contributed by atoms with Gasteiger partial charge in [0, 0.05) is 0 Å². The minimum atomic E-state index is -0.605. The molecule has 0 aliphatic heterocycles. The summed E-state index contributed by atoms with van der Waals surface area (Å²) < 4.78 is 22.5.